The second-order valence-electron chi connectivity index (χ2n) is 6.21. The Morgan fingerprint density at radius 2 is 1.88 bits per heavy atom. The highest BCUT2D eigenvalue weighted by atomic mass is 19.4. The van der Waals surface area contributed by atoms with Crippen molar-refractivity contribution in [2.24, 2.45) is 5.92 Å². The summed E-state index contributed by atoms with van der Waals surface area (Å²) >= 11 is 0. The van der Waals surface area contributed by atoms with E-state index < -0.39 is 36.7 Å². The van der Waals surface area contributed by atoms with Gasteiger partial charge in [-0.3, -0.25) is 0 Å². The first-order valence-electron chi connectivity index (χ1n) is 8.11. The highest BCUT2D eigenvalue weighted by molar-refractivity contribution is 5.74. The molecule has 1 rings (SSSR count). The number of rotatable bonds is 8. The van der Waals surface area contributed by atoms with Crippen LogP contribution in [0.2, 0.25) is 0 Å². The second kappa shape index (κ2) is 9.09. The van der Waals surface area contributed by atoms with Crippen LogP contribution in [-0.2, 0) is 4.74 Å². The molecule has 154 valence electrons. The number of carbonyl (C=O) groups is 1. The summed E-state index contributed by atoms with van der Waals surface area (Å²) in [7, 11) is 1.50. The molecule has 26 heavy (non-hydrogen) atoms. The Kier molecular flexibility index (Phi) is 7.70. The molecule has 2 amide bonds. The van der Waals surface area contributed by atoms with Crippen LogP contribution < -0.4 is 16.0 Å². The average Bonchev–Trinajstić information content (AvgIpc) is 2.47. The van der Waals surface area contributed by atoms with Crippen LogP contribution >= 0.6 is 0 Å². The molecule has 1 fully saturated rings. The number of hydrogen-bond donors (Lipinski definition) is 3. The number of alkyl halides is 5. The lowest BCUT2D eigenvalue weighted by atomic mass is 9.80. The van der Waals surface area contributed by atoms with Gasteiger partial charge >= 0.3 is 12.2 Å². The number of hydrogen-bond acceptors (Lipinski definition) is 3. The standard InChI is InChI=1S/C16H24F5N3O2.2H2/c1-4-10(5-13(22-3)26-9-15(2,17)18)8-23-14(25)24-12-6-11(7-12)16(19,20)21;;/h4-5,11-12,22H,6-9H2,1-3H3,(H2,23,24,25);2*1H/b10-4+,13-5+;;. The normalized spacial score (nSPS) is 21.7. The summed E-state index contributed by atoms with van der Waals surface area (Å²) in [5.41, 5.74) is 0.575. The van der Waals surface area contributed by atoms with E-state index in [0.717, 1.165) is 6.92 Å². The fourth-order valence-electron chi connectivity index (χ4n) is 2.22. The minimum Gasteiger partial charge on any atom is -0.473 e. The van der Waals surface area contributed by atoms with Crippen LogP contribution in [0.25, 0.3) is 0 Å². The van der Waals surface area contributed by atoms with Crippen LogP contribution in [0, 0.1) is 5.92 Å². The van der Waals surface area contributed by atoms with Crippen LogP contribution in [0.4, 0.5) is 26.7 Å². The second-order valence-corrected chi connectivity index (χ2v) is 6.21. The van der Waals surface area contributed by atoms with Crippen molar-refractivity contribution in [1.82, 2.24) is 16.0 Å². The van der Waals surface area contributed by atoms with Crippen LogP contribution in [0.5, 0.6) is 0 Å². The topological polar surface area (TPSA) is 62.4 Å². The zero-order valence-electron chi connectivity index (χ0n) is 14.8. The summed E-state index contributed by atoms with van der Waals surface area (Å²) in [4.78, 5) is 11.7. The fourth-order valence-corrected chi connectivity index (χ4v) is 2.22. The molecule has 0 spiro atoms. The first kappa shape index (κ1) is 22.0. The Bertz CT molecular complexity index is 545. The quantitative estimate of drug-likeness (QED) is 0.336. The Morgan fingerprint density at radius 3 is 2.35 bits per heavy atom. The zero-order valence-corrected chi connectivity index (χ0v) is 14.8. The van der Waals surface area contributed by atoms with Gasteiger partial charge < -0.3 is 20.7 Å². The molecule has 0 aromatic rings. The Labute approximate surface area is 152 Å². The van der Waals surface area contributed by atoms with E-state index >= 15 is 0 Å². The molecule has 0 saturated heterocycles. The van der Waals surface area contributed by atoms with Crippen LogP contribution in [0.3, 0.4) is 0 Å². The van der Waals surface area contributed by atoms with E-state index in [1.807, 2.05) is 0 Å². The van der Waals surface area contributed by atoms with E-state index in [9.17, 15) is 26.7 Å². The molecular formula is C16H28F5N3O2. The number of ether oxygens (including phenoxy) is 1. The van der Waals surface area contributed by atoms with E-state index in [2.05, 4.69) is 16.0 Å². The van der Waals surface area contributed by atoms with Gasteiger partial charge in [-0.15, -0.1) is 0 Å². The van der Waals surface area contributed by atoms with Crippen LogP contribution in [0.1, 0.15) is 29.5 Å². The first-order chi connectivity index (χ1) is 11.9. The molecule has 1 aliphatic carbocycles. The molecule has 0 heterocycles. The van der Waals surface area contributed by atoms with E-state index in [-0.39, 0.29) is 28.1 Å². The third kappa shape index (κ3) is 7.92. The van der Waals surface area contributed by atoms with Crippen molar-refractivity contribution in [3.63, 3.8) is 0 Å². The summed E-state index contributed by atoms with van der Waals surface area (Å²) in [6.07, 6.45) is -1.38. The summed E-state index contributed by atoms with van der Waals surface area (Å²) in [5, 5.41) is 7.61. The third-order valence-electron chi connectivity index (χ3n) is 3.80. The van der Waals surface area contributed by atoms with E-state index in [1.54, 1.807) is 13.0 Å². The van der Waals surface area contributed by atoms with E-state index in [0.29, 0.717) is 5.57 Å². The minimum absolute atomic E-state index is 0. The highest BCUT2D eigenvalue weighted by Crippen LogP contribution is 2.40. The molecule has 0 aromatic heterocycles. The first-order valence-corrected chi connectivity index (χ1v) is 8.11. The van der Waals surface area contributed by atoms with Crippen molar-refractivity contribution in [2.45, 2.75) is 44.8 Å². The molecular weight excluding hydrogens is 361 g/mol. The summed E-state index contributed by atoms with van der Waals surface area (Å²) < 4.78 is 67.8. The molecule has 0 bridgehead atoms. The van der Waals surface area contributed by atoms with Crippen molar-refractivity contribution >= 4 is 6.03 Å². The highest BCUT2D eigenvalue weighted by Gasteiger charge is 2.48. The van der Waals surface area contributed by atoms with E-state index in [4.69, 9.17) is 4.74 Å². The Balaban J connectivity index is 0. The zero-order chi connectivity index (χ0) is 20.0. The van der Waals surface area contributed by atoms with E-state index in [1.165, 1.54) is 13.1 Å². The molecule has 0 radical (unpaired) electrons. The number of carbonyl (C=O) groups excluding carboxylic acids is 1. The maximum absolute atomic E-state index is 12.8. The molecule has 5 nitrogen and oxygen atoms in total. The minimum atomic E-state index is -4.23. The lowest BCUT2D eigenvalue weighted by Crippen LogP contribution is -2.51. The molecule has 0 unspecified atom stereocenters. The number of nitrogens with one attached hydrogen (secondary N) is 3. The van der Waals surface area contributed by atoms with Crippen molar-refractivity contribution in [3.05, 3.63) is 23.6 Å². The predicted octanol–water partition coefficient (Wildman–Crippen LogP) is 3.80. The molecule has 0 aromatic carbocycles. The van der Waals surface area contributed by atoms with Gasteiger partial charge in [0.1, 0.15) is 0 Å². The van der Waals surface area contributed by atoms with Crippen LogP contribution in [-0.4, -0.2) is 44.4 Å². The SMILES string of the molecule is C/C=C(\C=C(/NC)OCC(C)(F)F)CNC(=O)NC1CC(C(F)(F)F)C1.[HH].[HH]. The fraction of sp³-hybridized carbons (Fsp3) is 0.688. The van der Waals surface area contributed by atoms with Gasteiger partial charge in [0.25, 0.3) is 5.92 Å². The molecule has 1 aliphatic rings. The summed E-state index contributed by atoms with van der Waals surface area (Å²) in [6.45, 7) is 1.68. The smallest absolute Gasteiger partial charge is 0.391 e. The molecule has 0 atom stereocenters. The predicted molar refractivity (Wildman–Crippen MR) is 90.8 cm³/mol. The van der Waals surface area contributed by atoms with Crippen molar-refractivity contribution < 1.29 is 34.3 Å². The monoisotopic (exact) mass is 389 g/mol. The maximum Gasteiger partial charge on any atom is 0.391 e. The number of halogens is 5. The maximum atomic E-state index is 12.8. The van der Waals surface area contributed by atoms with Gasteiger partial charge in [0.2, 0.25) is 0 Å². The Hall–Kier alpha value is -2.00. The van der Waals surface area contributed by atoms with Crippen molar-refractivity contribution in [2.75, 3.05) is 20.2 Å². The molecule has 1 saturated carbocycles. The molecule has 10 heteroatoms. The van der Waals surface area contributed by atoms with Crippen LogP contribution in [0.15, 0.2) is 23.6 Å². The van der Waals surface area contributed by atoms with Gasteiger partial charge in [-0.25, -0.2) is 13.6 Å². The number of urea groups is 1. The summed E-state index contributed by atoms with van der Waals surface area (Å²) in [5.74, 6) is -4.25. The molecule has 0 aliphatic heterocycles. The lowest BCUT2D eigenvalue weighted by Gasteiger charge is -2.36. The molecule has 3 N–H and O–H groups in total. The Morgan fingerprint density at radius 1 is 1.27 bits per heavy atom. The number of allylic oxidation sites excluding steroid dienone is 1. The van der Waals surface area contributed by atoms with Gasteiger partial charge in [-0.2, -0.15) is 13.2 Å². The van der Waals surface area contributed by atoms with Crippen molar-refractivity contribution in [1.29, 1.82) is 0 Å². The van der Waals surface area contributed by atoms with Gasteiger partial charge in [0, 0.05) is 35.5 Å². The summed E-state index contributed by atoms with van der Waals surface area (Å²) in [6, 6.07) is -1.09. The van der Waals surface area contributed by atoms with Crippen molar-refractivity contribution in [3.8, 4) is 0 Å². The van der Waals surface area contributed by atoms with Gasteiger partial charge in [0.15, 0.2) is 12.5 Å². The average molecular weight is 389 g/mol. The number of amides is 2. The van der Waals surface area contributed by atoms with Gasteiger partial charge in [-0.1, -0.05) is 6.08 Å². The van der Waals surface area contributed by atoms with Gasteiger partial charge in [-0.05, 0) is 25.3 Å². The van der Waals surface area contributed by atoms with Gasteiger partial charge in [0.05, 0.1) is 5.92 Å². The lowest BCUT2D eigenvalue weighted by molar-refractivity contribution is -0.198. The largest absolute Gasteiger partial charge is 0.473 e. The third-order valence-corrected chi connectivity index (χ3v) is 3.80.